The van der Waals surface area contributed by atoms with E-state index < -0.39 is 5.97 Å². The molecule has 0 spiro atoms. The second-order valence-corrected chi connectivity index (χ2v) is 4.35. The summed E-state index contributed by atoms with van der Waals surface area (Å²) in [4.78, 5) is 20.8. The van der Waals surface area contributed by atoms with E-state index in [1.54, 1.807) is 6.20 Å². The molecule has 0 saturated carbocycles. The maximum Gasteiger partial charge on any atom is 0.356 e. The van der Waals surface area contributed by atoms with Gasteiger partial charge in [-0.2, -0.15) is 0 Å². The van der Waals surface area contributed by atoms with Gasteiger partial charge in [0.1, 0.15) is 5.82 Å². The van der Waals surface area contributed by atoms with Crippen molar-refractivity contribution in [3.05, 3.63) is 18.1 Å². The molecule has 2 N–H and O–H groups in total. The van der Waals surface area contributed by atoms with E-state index in [9.17, 15) is 4.79 Å². The molecule has 0 aromatic carbocycles. The van der Waals surface area contributed by atoms with Crippen LogP contribution in [0.2, 0.25) is 0 Å². The molecule has 1 aromatic heterocycles. The number of carboxylic acid groups (broad SMARTS) is 1. The Hall–Kier alpha value is -1.73. The summed E-state index contributed by atoms with van der Waals surface area (Å²) in [6.45, 7) is 1.88. The molecule has 1 aromatic rings. The Morgan fingerprint density at radius 2 is 2.16 bits per heavy atom. The predicted molar refractivity (Wildman–Crippen MR) is 67.3 cm³/mol. The summed E-state index contributed by atoms with van der Waals surface area (Å²) >= 11 is 0. The third-order valence-electron chi connectivity index (χ3n) is 3.05. The Balaban J connectivity index is 1.94. The first kappa shape index (κ1) is 13.7. The van der Waals surface area contributed by atoms with Gasteiger partial charge in [0, 0.05) is 13.1 Å². The van der Waals surface area contributed by atoms with Crippen LogP contribution in [-0.2, 0) is 4.74 Å². The van der Waals surface area contributed by atoms with Crippen LogP contribution in [0.5, 0.6) is 0 Å². The number of hydrogen-bond donors (Lipinski definition) is 2. The number of carbonyl (C=O) groups is 1. The number of aromatic carboxylic acids is 1. The summed E-state index contributed by atoms with van der Waals surface area (Å²) in [6.07, 6.45) is 4.63. The lowest BCUT2D eigenvalue weighted by atomic mass is 10.1. The first-order valence-corrected chi connectivity index (χ1v) is 6.23. The smallest absolute Gasteiger partial charge is 0.356 e. The van der Waals surface area contributed by atoms with Crippen molar-refractivity contribution in [2.24, 2.45) is 0 Å². The van der Waals surface area contributed by atoms with E-state index in [0.29, 0.717) is 12.4 Å². The maximum absolute atomic E-state index is 10.8. The molecule has 1 fully saturated rings. The number of anilines is 1. The predicted octanol–water partition coefficient (Wildman–Crippen LogP) is 0.152. The van der Waals surface area contributed by atoms with Gasteiger partial charge in [0.15, 0.2) is 5.69 Å². The Bertz CT molecular complexity index is 433. The van der Waals surface area contributed by atoms with Crippen LogP contribution in [0.25, 0.3) is 0 Å². The van der Waals surface area contributed by atoms with Crippen molar-refractivity contribution in [2.45, 2.75) is 18.9 Å². The zero-order chi connectivity index (χ0) is 13.7. The fourth-order valence-corrected chi connectivity index (χ4v) is 2.08. The van der Waals surface area contributed by atoms with E-state index in [0.717, 1.165) is 25.9 Å². The lowest BCUT2D eigenvalue weighted by Crippen LogP contribution is -2.38. The second-order valence-electron chi connectivity index (χ2n) is 4.35. The maximum atomic E-state index is 10.8. The van der Waals surface area contributed by atoms with Crippen LogP contribution in [0, 0.1) is 0 Å². The highest BCUT2D eigenvalue weighted by Crippen LogP contribution is 2.19. The van der Waals surface area contributed by atoms with Gasteiger partial charge in [-0.25, -0.2) is 9.78 Å². The van der Waals surface area contributed by atoms with Gasteiger partial charge >= 0.3 is 5.97 Å². The number of aliphatic hydroxyl groups is 1. The van der Waals surface area contributed by atoms with Gasteiger partial charge in [-0.3, -0.25) is 4.98 Å². The largest absolute Gasteiger partial charge is 0.476 e. The lowest BCUT2D eigenvalue weighted by Gasteiger charge is -2.32. The Labute approximate surface area is 110 Å². The second kappa shape index (κ2) is 6.44. The fourth-order valence-electron chi connectivity index (χ4n) is 2.08. The van der Waals surface area contributed by atoms with Crippen LogP contribution in [0.15, 0.2) is 12.4 Å². The van der Waals surface area contributed by atoms with Crippen molar-refractivity contribution in [1.29, 1.82) is 0 Å². The molecule has 2 heterocycles. The van der Waals surface area contributed by atoms with Gasteiger partial charge in [-0.05, 0) is 12.8 Å². The first-order chi connectivity index (χ1) is 9.20. The molecule has 0 amide bonds. The number of nitrogens with zero attached hydrogens (tertiary/aromatic N) is 3. The Kier molecular flexibility index (Phi) is 4.64. The van der Waals surface area contributed by atoms with Gasteiger partial charge in [0.25, 0.3) is 0 Å². The number of rotatable bonds is 5. The highest BCUT2D eigenvalue weighted by molar-refractivity contribution is 5.85. The van der Waals surface area contributed by atoms with Crippen molar-refractivity contribution >= 4 is 11.8 Å². The fraction of sp³-hybridized carbons (Fsp3) is 0.583. The average molecular weight is 267 g/mol. The molecule has 1 aliphatic rings. The molecule has 7 heteroatoms. The van der Waals surface area contributed by atoms with Crippen LogP contribution in [0.3, 0.4) is 0 Å². The van der Waals surface area contributed by atoms with E-state index in [-0.39, 0.29) is 18.4 Å². The van der Waals surface area contributed by atoms with E-state index in [1.165, 1.54) is 6.20 Å². The Morgan fingerprint density at radius 3 is 2.79 bits per heavy atom. The molecule has 0 bridgehead atoms. The normalized spacial score (nSPS) is 16.6. The number of ether oxygens (including phenoxy) is 1. The number of aliphatic hydroxyl groups excluding tert-OH is 1. The van der Waals surface area contributed by atoms with Gasteiger partial charge < -0.3 is 19.8 Å². The van der Waals surface area contributed by atoms with Crippen molar-refractivity contribution < 1.29 is 19.7 Å². The molecule has 0 aliphatic carbocycles. The molecule has 7 nitrogen and oxygen atoms in total. The number of piperidine rings is 1. The zero-order valence-corrected chi connectivity index (χ0v) is 10.5. The van der Waals surface area contributed by atoms with E-state index in [2.05, 4.69) is 9.97 Å². The summed E-state index contributed by atoms with van der Waals surface area (Å²) in [5.41, 5.74) is -0.0452. The Morgan fingerprint density at radius 1 is 1.42 bits per heavy atom. The third kappa shape index (κ3) is 3.62. The number of hydrogen-bond acceptors (Lipinski definition) is 6. The first-order valence-electron chi connectivity index (χ1n) is 6.23. The summed E-state index contributed by atoms with van der Waals surface area (Å²) < 4.78 is 5.47. The quantitative estimate of drug-likeness (QED) is 0.784. The molecule has 0 atom stereocenters. The minimum absolute atomic E-state index is 0.0341. The van der Waals surface area contributed by atoms with Crippen molar-refractivity contribution in [1.82, 2.24) is 9.97 Å². The third-order valence-corrected chi connectivity index (χ3v) is 3.05. The van der Waals surface area contributed by atoms with Crippen LogP contribution in [0.1, 0.15) is 23.3 Å². The molecule has 1 aliphatic heterocycles. The lowest BCUT2D eigenvalue weighted by molar-refractivity contribution is 0.0158. The van der Waals surface area contributed by atoms with Crippen molar-refractivity contribution in [3.63, 3.8) is 0 Å². The van der Waals surface area contributed by atoms with Gasteiger partial charge in [-0.1, -0.05) is 0 Å². The molecule has 19 heavy (non-hydrogen) atoms. The molecule has 104 valence electrons. The van der Waals surface area contributed by atoms with Crippen molar-refractivity contribution in [3.8, 4) is 0 Å². The highest BCUT2D eigenvalue weighted by atomic mass is 16.5. The van der Waals surface area contributed by atoms with E-state index in [1.807, 2.05) is 4.90 Å². The molecular formula is C12H17N3O4. The average Bonchev–Trinajstić information content (AvgIpc) is 2.46. The zero-order valence-electron chi connectivity index (χ0n) is 10.5. The summed E-state index contributed by atoms with van der Waals surface area (Å²) in [6, 6.07) is 0. The topological polar surface area (TPSA) is 95.8 Å². The number of aromatic nitrogens is 2. The van der Waals surface area contributed by atoms with Gasteiger partial charge in [0.05, 0.1) is 31.7 Å². The SMILES string of the molecule is O=C(O)c1cncc(N2CCC(OCCO)CC2)n1. The summed E-state index contributed by atoms with van der Waals surface area (Å²) in [5.74, 6) is -0.490. The van der Waals surface area contributed by atoms with E-state index in [4.69, 9.17) is 14.9 Å². The van der Waals surface area contributed by atoms with Crippen LogP contribution >= 0.6 is 0 Å². The van der Waals surface area contributed by atoms with Crippen molar-refractivity contribution in [2.75, 3.05) is 31.2 Å². The summed E-state index contributed by atoms with van der Waals surface area (Å²) in [5, 5.41) is 17.6. The molecule has 1 saturated heterocycles. The molecule has 0 radical (unpaired) electrons. The van der Waals surface area contributed by atoms with Crippen LogP contribution < -0.4 is 4.90 Å². The summed E-state index contributed by atoms with van der Waals surface area (Å²) in [7, 11) is 0. The molecular weight excluding hydrogens is 250 g/mol. The monoisotopic (exact) mass is 267 g/mol. The van der Waals surface area contributed by atoms with Crippen LogP contribution in [-0.4, -0.2) is 58.6 Å². The molecule has 2 rings (SSSR count). The van der Waals surface area contributed by atoms with E-state index >= 15 is 0 Å². The van der Waals surface area contributed by atoms with Crippen LogP contribution in [0.4, 0.5) is 5.82 Å². The van der Waals surface area contributed by atoms with Gasteiger partial charge in [0.2, 0.25) is 0 Å². The minimum atomic E-state index is -1.07. The van der Waals surface area contributed by atoms with Gasteiger partial charge in [-0.15, -0.1) is 0 Å². The standard InChI is InChI=1S/C12H17N3O4/c16-5-6-19-9-1-3-15(4-2-9)11-8-13-7-10(14-11)12(17)18/h7-9,16H,1-6H2,(H,17,18). The minimum Gasteiger partial charge on any atom is -0.476 e. The highest BCUT2D eigenvalue weighted by Gasteiger charge is 2.21. The number of carboxylic acids is 1. The molecule has 0 unspecified atom stereocenters.